The number of fused-ring (bicyclic) bond motifs is 1. The second kappa shape index (κ2) is 8.66. The molecule has 1 aliphatic heterocycles. The normalized spacial score (nSPS) is 17.0. The molecule has 30 heavy (non-hydrogen) atoms. The molecule has 1 aromatic carbocycles. The molecule has 0 bridgehead atoms. The van der Waals surface area contributed by atoms with Gasteiger partial charge in [-0.1, -0.05) is 18.2 Å². The Labute approximate surface area is 181 Å². The topological polar surface area (TPSA) is 48.7 Å². The molecule has 0 saturated carbocycles. The Hall–Kier alpha value is -2.57. The summed E-state index contributed by atoms with van der Waals surface area (Å²) in [5.74, 6) is 0.206. The van der Waals surface area contributed by atoms with Crippen LogP contribution in [0.1, 0.15) is 39.4 Å². The van der Waals surface area contributed by atoms with Crippen LogP contribution in [-0.2, 0) is 19.4 Å². The molecule has 3 aromatic rings. The minimum Gasteiger partial charge on any atom is -0.459 e. The molecule has 0 radical (unpaired) electrons. The second-order valence-corrected chi connectivity index (χ2v) is 9.15. The van der Waals surface area contributed by atoms with Crippen molar-refractivity contribution in [2.45, 2.75) is 32.2 Å². The molecule has 1 saturated heterocycles. The highest BCUT2D eigenvalue weighted by Gasteiger charge is 2.25. The number of hydrogen-bond donors (Lipinski definition) is 1. The number of thiophene rings is 1. The first-order valence-corrected chi connectivity index (χ1v) is 11.6. The number of furan rings is 1. The number of para-hydroxylation sites is 1. The molecule has 1 fully saturated rings. The minimum atomic E-state index is -0.159. The number of carbonyl (C=O) groups is 1. The van der Waals surface area contributed by atoms with E-state index in [-0.39, 0.29) is 5.91 Å². The molecule has 1 N–H and O–H groups in total. The first kappa shape index (κ1) is 19.4. The molecule has 5 rings (SSSR count). The van der Waals surface area contributed by atoms with Crippen LogP contribution in [0.15, 0.2) is 53.1 Å². The molecule has 156 valence electrons. The molecule has 5 nitrogen and oxygen atoms in total. The molecule has 0 spiro atoms. The van der Waals surface area contributed by atoms with Gasteiger partial charge in [0, 0.05) is 48.9 Å². The van der Waals surface area contributed by atoms with E-state index >= 15 is 0 Å². The summed E-state index contributed by atoms with van der Waals surface area (Å²) in [5, 5.41) is 4.15. The third-order valence-corrected chi connectivity index (χ3v) is 7.38. The van der Waals surface area contributed by atoms with E-state index in [0.717, 1.165) is 50.6 Å². The third kappa shape index (κ3) is 4.02. The Morgan fingerprint density at radius 3 is 2.57 bits per heavy atom. The van der Waals surface area contributed by atoms with Gasteiger partial charge in [0.2, 0.25) is 0 Å². The Bertz CT molecular complexity index is 989. The van der Waals surface area contributed by atoms with Crippen LogP contribution in [0.2, 0.25) is 0 Å². The number of nitrogens with zero attached hydrogens (tertiary/aromatic N) is 2. The number of piperazine rings is 1. The van der Waals surface area contributed by atoms with Crippen molar-refractivity contribution in [3.05, 3.63) is 70.5 Å². The summed E-state index contributed by atoms with van der Waals surface area (Å²) < 4.78 is 5.29. The molecule has 2 aromatic heterocycles. The van der Waals surface area contributed by atoms with E-state index in [2.05, 4.69) is 45.4 Å². The zero-order valence-corrected chi connectivity index (χ0v) is 17.9. The van der Waals surface area contributed by atoms with E-state index < -0.39 is 0 Å². The Balaban J connectivity index is 1.31. The van der Waals surface area contributed by atoms with Crippen molar-refractivity contribution in [1.82, 2.24) is 4.90 Å². The summed E-state index contributed by atoms with van der Waals surface area (Å²) in [5.41, 5.74) is 4.10. The van der Waals surface area contributed by atoms with Crippen LogP contribution in [-0.4, -0.2) is 37.0 Å². The molecule has 3 heterocycles. The molecule has 6 heteroatoms. The first-order valence-electron chi connectivity index (χ1n) is 10.8. The van der Waals surface area contributed by atoms with Crippen LogP contribution in [0.4, 0.5) is 10.7 Å². The number of benzene rings is 1. The van der Waals surface area contributed by atoms with E-state index in [4.69, 9.17) is 4.42 Å². The summed E-state index contributed by atoms with van der Waals surface area (Å²) in [6.45, 7) is 5.03. The fourth-order valence-electron chi connectivity index (χ4n) is 4.50. The quantitative estimate of drug-likeness (QED) is 0.643. The fourth-order valence-corrected chi connectivity index (χ4v) is 5.79. The van der Waals surface area contributed by atoms with Gasteiger partial charge in [-0.3, -0.25) is 9.69 Å². The molecule has 0 atom stereocenters. The summed E-state index contributed by atoms with van der Waals surface area (Å²) in [7, 11) is 0. The SMILES string of the molecule is O=C(Nc1sc2c(c1CN1CCN(c3ccccc3)CC1)CCCC2)c1ccco1. The number of aryl methyl sites for hydroxylation is 1. The van der Waals surface area contributed by atoms with Crippen molar-refractivity contribution in [3.8, 4) is 0 Å². The van der Waals surface area contributed by atoms with E-state index in [1.165, 1.54) is 34.5 Å². The number of anilines is 2. The Kier molecular flexibility index (Phi) is 5.60. The van der Waals surface area contributed by atoms with Crippen molar-refractivity contribution in [3.63, 3.8) is 0 Å². The first-order chi connectivity index (χ1) is 14.8. The van der Waals surface area contributed by atoms with E-state index in [1.807, 2.05) is 0 Å². The van der Waals surface area contributed by atoms with Crippen LogP contribution < -0.4 is 10.2 Å². The number of carbonyl (C=O) groups excluding carboxylic acids is 1. The number of rotatable bonds is 5. The van der Waals surface area contributed by atoms with Crippen LogP contribution in [0.5, 0.6) is 0 Å². The molecular weight excluding hydrogens is 394 g/mol. The predicted molar refractivity (Wildman–Crippen MR) is 122 cm³/mol. The van der Waals surface area contributed by atoms with Crippen molar-refractivity contribution >= 4 is 27.9 Å². The van der Waals surface area contributed by atoms with E-state index in [9.17, 15) is 4.79 Å². The van der Waals surface area contributed by atoms with Gasteiger partial charge in [-0.15, -0.1) is 11.3 Å². The molecule has 2 aliphatic rings. The highest BCUT2D eigenvalue weighted by atomic mass is 32.1. The highest BCUT2D eigenvalue weighted by Crippen LogP contribution is 2.39. The van der Waals surface area contributed by atoms with Gasteiger partial charge in [-0.25, -0.2) is 0 Å². The monoisotopic (exact) mass is 421 g/mol. The third-order valence-electron chi connectivity index (χ3n) is 6.13. The zero-order valence-electron chi connectivity index (χ0n) is 17.1. The Morgan fingerprint density at radius 2 is 1.80 bits per heavy atom. The smallest absolute Gasteiger partial charge is 0.291 e. The average Bonchev–Trinajstić information content (AvgIpc) is 3.44. The molecule has 1 aliphatic carbocycles. The van der Waals surface area contributed by atoms with Crippen molar-refractivity contribution in [1.29, 1.82) is 0 Å². The lowest BCUT2D eigenvalue weighted by Crippen LogP contribution is -2.46. The fraction of sp³-hybridized carbons (Fsp3) is 0.375. The van der Waals surface area contributed by atoms with Crippen LogP contribution >= 0.6 is 11.3 Å². The van der Waals surface area contributed by atoms with Gasteiger partial charge < -0.3 is 14.6 Å². The largest absolute Gasteiger partial charge is 0.459 e. The van der Waals surface area contributed by atoms with Crippen LogP contribution in [0, 0.1) is 0 Å². The highest BCUT2D eigenvalue weighted by molar-refractivity contribution is 7.16. The average molecular weight is 422 g/mol. The lowest BCUT2D eigenvalue weighted by molar-refractivity contribution is 0.0997. The van der Waals surface area contributed by atoms with Crippen LogP contribution in [0.3, 0.4) is 0 Å². The van der Waals surface area contributed by atoms with E-state index in [0.29, 0.717) is 5.76 Å². The van der Waals surface area contributed by atoms with Gasteiger partial charge in [0.25, 0.3) is 5.91 Å². The molecular formula is C24H27N3O2S. The second-order valence-electron chi connectivity index (χ2n) is 8.05. The van der Waals surface area contributed by atoms with E-state index in [1.54, 1.807) is 29.7 Å². The standard InChI is InChI=1S/C24H27N3O2S/c28-23(21-10-6-16-29-21)25-24-20(19-9-4-5-11-22(19)30-24)17-26-12-14-27(15-13-26)18-7-2-1-3-8-18/h1-3,6-8,10,16H,4-5,9,11-15,17H2,(H,25,28). The number of amides is 1. The van der Waals surface area contributed by atoms with Gasteiger partial charge in [-0.05, 0) is 55.5 Å². The summed E-state index contributed by atoms with van der Waals surface area (Å²) >= 11 is 1.76. The van der Waals surface area contributed by atoms with Crippen molar-refractivity contribution in [2.24, 2.45) is 0 Å². The number of nitrogens with one attached hydrogen (secondary N) is 1. The lowest BCUT2D eigenvalue weighted by atomic mass is 9.95. The molecule has 1 amide bonds. The number of hydrogen-bond acceptors (Lipinski definition) is 5. The van der Waals surface area contributed by atoms with Crippen LogP contribution in [0.25, 0.3) is 0 Å². The van der Waals surface area contributed by atoms with Crippen molar-refractivity contribution < 1.29 is 9.21 Å². The van der Waals surface area contributed by atoms with Gasteiger partial charge >= 0.3 is 0 Å². The maximum Gasteiger partial charge on any atom is 0.291 e. The molecule has 0 unspecified atom stereocenters. The summed E-state index contributed by atoms with van der Waals surface area (Å²) in [4.78, 5) is 19.1. The van der Waals surface area contributed by atoms with Crippen molar-refractivity contribution in [2.75, 3.05) is 36.4 Å². The Morgan fingerprint density at radius 1 is 1.00 bits per heavy atom. The maximum absolute atomic E-state index is 12.6. The zero-order chi connectivity index (χ0) is 20.3. The minimum absolute atomic E-state index is 0.159. The summed E-state index contributed by atoms with van der Waals surface area (Å²) in [6.07, 6.45) is 6.28. The van der Waals surface area contributed by atoms with Gasteiger partial charge in [0.1, 0.15) is 5.00 Å². The van der Waals surface area contributed by atoms with Gasteiger partial charge in [0.05, 0.1) is 6.26 Å². The van der Waals surface area contributed by atoms with Gasteiger partial charge in [-0.2, -0.15) is 0 Å². The maximum atomic E-state index is 12.6. The lowest BCUT2D eigenvalue weighted by Gasteiger charge is -2.36. The van der Waals surface area contributed by atoms with Gasteiger partial charge in [0.15, 0.2) is 5.76 Å². The summed E-state index contributed by atoms with van der Waals surface area (Å²) in [6, 6.07) is 14.1. The predicted octanol–water partition coefficient (Wildman–Crippen LogP) is 4.79.